The quantitative estimate of drug-likeness (QED) is 0.733. The molecular weight excluding hydrogens is 332 g/mol. The lowest BCUT2D eigenvalue weighted by molar-refractivity contribution is -0.116. The molecule has 0 atom stereocenters. The Balaban J connectivity index is 1.70. The van der Waals surface area contributed by atoms with Crippen molar-refractivity contribution >= 4 is 29.1 Å². The topological polar surface area (TPSA) is 120 Å². The molecule has 1 aliphatic heterocycles. The fourth-order valence-electron chi connectivity index (χ4n) is 2.45. The summed E-state index contributed by atoms with van der Waals surface area (Å²) in [6.07, 6.45) is 4.06. The van der Waals surface area contributed by atoms with Crippen molar-refractivity contribution in [1.82, 2.24) is 20.1 Å². The number of aryl methyl sites for hydroxylation is 1. The molecular formula is C15H11ClN6O2. The van der Waals surface area contributed by atoms with E-state index in [1.807, 2.05) is 6.07 Å². The number of aromatic nitrogens is 4. The van der Waals surface area contributed by atoms with Gasteiger partial charge < -0.3 is 15.6 Å². The fourth-order valence-corrected chi connectivity index (χ4v) is 2.64. The van der Waals surface area contributed by atoms with E-state index < -0.39 is 0 Å². The van der Waals surface area contributed by atoms with Crippen LogP contribution in [-0.4, -0.2) is 26.0 Å². The number of hydrogen-bond acceptors (Lipinski definition) is 7. The van der Waals surface area contributed by atoms with E-state index in [0.717, 1.165) is 5.56 Å². The molecule has 0 saturated carbocycles. The second-order valence-electron chi connectivity index (χ2n) is 5.29. The number of nitrogen functional groups attached to an aromatic ring is 1. The van der Waals surface area contributed by atoms with E-state index in [0.29, 0.717) is 52.3 Å². The van der Waals surface area contributed by atoms with E-state index in [4.69, 9.17) is 21.9 Å². The first kappa shape index (κ1) is 14.6. The SMILES string of the molecule is Nc1cc(-c2noc(-c3cnc4c(c3)CCC(=O)N4)n2)c(Cl)cn1. The Morgan fingerprint density at radius 2 is 2.08 bits per heavy atom. The summed E-state index contributed by atoms with van der Waals surface area (Å²) in [5.74, 6) is 1.47. The summed E-state index contributed by atoms with van der Waals surface area (Å²) in [6.45, 7) is 0. The molecule has 0 spiro atoms. The Kier molecular flexibility index (Phi) is 3.39. The summed E-state index contributed by atoms with van der Waals surface area (Å²) >= 11 is 6.10. The molecule has 3 aromatic heterocycles. The number of halogens is 1. The predicted molar refractivity (Wildman–Crippen MR) is 87.1 cm³/mol. The van der Waals surface area contributed by atoms with Crippen molar-refractivity contribution < 1.29 is 9.32 Å². The smallest absolute Gasteiger partial charge is 0.259 e. The molecule has 8 nitrogen and oxygen atoms in total. The number of fused-ring (bicyclic) bond motifs is 1. The average Bonchev–Trinajstić information content (AvgIpc) is 3.06. The zero-order valence-electron chi connectivity index (χ0n) is 12.3. The summed E-state index contributed by atoms with van der Waals surface area (Å²) < 4.78 is 5.30. The van der Waals surface area contributed by atoms with Crippen molar-refractivity contribution in [3.63, 3.8) is 0 Å². The Labute approximate surface area is 141 Å². The molecule has 1 amide bonds. The molecule has 0 unspecified atom stereocenters. The molecule has 3 N–H and O–H groups in total. The molecule has 24 heavy (non-hydrogen) atoms. The van der Waals surface area contributed by atoms with Gasteiger partial charge in [0.2, 0.25) is 11.7 Å². The van der Waals surface area contributed by atoms with Crippen LogP contribution in [0.15, 0.2) is 29.0 Å². The third kappa shape index (κ3) is 2.56. The molecule has 4 heterocycles. The minimum atomic E-state index is -0.0345. The zero-order chi connectivity index (χ0) is 16.7. The van der Waals surface area contributed by atoms with E-state index in [2.05, 4.69) is 25.4 Å². The summed E-state index contributed by atoms with van der Waals surface area (Å²) in [6, 6.07) is 3.46. The number of pyridine rings is 2. The van der Waals surface area contributed by atoms with Crippen molar-refractivity contribution in [1.29, 1.82) is 0 Å². The Morgan fingerprint density at radius 1 is 1.21 bits per heavy atom. The molecule has 0 aromatic carbocycles. The minimum absolute atomic E-state index is 0.0345. The highest BCUT2D eigenvalue weighted by atomic mass is 35.5. The second kappa shape index (κ2) is 5.57. The van der Waals surface area contributed by atoms with Gasteiger partial charge >= 0.3 is 0 Å². The minimum Gasteiger partial charge on any atom is -0.384 e. The van der Waals surface area contributed by atoms with Crippen LogP contribution in [0, 0.1) is 0 Å². The predicted octanol–water partition coefficient (Wildman–Crippen LogP) is 2.31. The third-order valence-electron chi connectivity index (χ3n) is 3.64. The maximum absolute atomic E-state index is 11.4. The number of hydrogen-bond donors (Lipinski definition) is 2. The number of nitrogens with one attached hydrogen (secondary N) is 1. The number of nitrogens with two attached hydrogens (primary N) is 1. The summed E-state index contributed by atoms with van der Waals surface area (Å²) in [7, 11) is 0. The van der Waals surface area contributed by atoms with Gasteiger partial charge in [0.25, 0.3) is 5.89 Å². The number of nitrogens with zero attached hydrogens (tertiary/aromatic N) is 4. The van der Waals surface area contributed by atoms with Crippen LogP contribution in [0.2, 0.25) is 5.02 Å². The molecule has 120 valence electrons. The summed E-state index contributed by atoms with van der Waals surface area (Å²) in [5, 5.41) is 7.04. The van der Waals surface area contributed by atoms with Crippen LogP contribution in [0.1, 0.15) is 12.0 Å². The average molecular weight is 343 g/mol. The highest BCUT2D eigenvalue weighted by Gasteiger charge is 2.19. The number of carbonyl (C=O) groups excluding carboxylic acids is 1. The second-order valence-corrected chi connectivity index (χ2v) is 5.70. The van der Waals surface area contributed by atoms with Gasteiger partial charge in [0.05, 0.1) is 10.6 Å². The molecule has 0 bridgehead atoms. The van der Waals surface area contributed by atoms with Gasteiger partial charge in [-0.25, -0.2) is 9.97 Å². The van der Waals surface area contributed by atoms with Gasteiger partial charge in [0, 0.05) is 24.4 Å². The van der Waals surface area contributed by atoms with Crippen LogP contribution in [0.3, 0.4) is 0 Å². The molecule has 9 heteroatoms. The number of anilines is 2. The van der Waals surface area contributed by atoms with Gasteiger partial charge in [0.15, 0.2) is 0 Å². The van der Waals surface area contributed by atoms with Crippen molar-refractivity contribution in [2.45, 2.75) is 12.8 Å². The first-order valence-electron chi connectivity index (χ1n) is 7.14. The lowest BCUT2D eigenvalue weighted by atomic mass is 10.0. The molecule has 4 rings (SSSR count). The van der Waals surface area contributed by atoms with Gasteiger partial charge in [-0.15, -0.1) is 0 Å². The zero-order valence-corrected chi connectivity index (χ0v) is 13.0. The van der Waals surface area contributed by atoms with E-state index in [1.54, 1.807) is 12.3 Å². The number of amides is 1. The van der Waals surface area contributed by atoms with Gasteiger partial charge in [-0.05, 0) is 24.1 Å². The van der Waals surface area contributed by atoms with E-state index in [9.17, 15) is 4.79 Å². The maximum atomic E-state index is 11.4. The summed E-state index contributed by atoms with van der Waals surface area (Å²) in [5.41, 5.74) is 7.81. The van der Waals surface area contributed by atoms with Crippen molar-refractivity contribution in [3.05, 3.63) is 35.1 Å². The first-order chi connectivity index (χ1) is 11.6. The highest BCUT2D eigenvalue weighted by molar-refractivity contribution is 6.33. The lowest BCUT2D eigenvalue weighted by Gasteiger charge is -2.15. The number of carbonyl (C=O) groups is 1. The van der Waals surface area contributed by atoms with Gasteiger partial charge in [-0.1, -0.05) is 16.8 Å². The Hall–Kier alpha value is -3.00. The van der Waals surface area contributed by atoms with Gasteiger partial charge in [-0.3, -0.25) is 4.79 Å². The molecule has 0 aliphatic carbocycles. The van der Waals surface area contributed by atoms with Gasteiger partial charge in [0.1, 0.15) is 11.6 Å². The van der Waals surface area contributed by atoms with E-state index in [1.165, 1.54) is 6.20 Å². The van der Waals surface area contributed by atoms with Crippen LogP contribution < -0.4 is 11.1 Å². The molecule has 0 radical (unpaired) electrons. The molecule has 0 saturated heterocycles. The normalized spacial score (nSPS) is 13.5. The highest BCUT2D eigenvalue weighted by Crippen LogP contribution is 2.30. The summed E-state index contributed by atoms with van der Waals surface area (Å²) in [4.78, 5) is 23.9. The first-order valence-corrected chi connectivity index (χ1v) is 7.52. The Morgan fingerprint density at radius 3 is 2.96 bits per heavy atom. The van der Waals surface area contributed by atoms with E-state index >= 15 is 0 Å². The standard InChI is InChI=1S/C15H11ClN6O2/c16-10-6-18-11(17)4-9(10)14-21-15(24-22-14)8-3-7-1-2-12(23)20-13(7)19-5-8/h3-6H,1-2H2,(H2,17,18)(H,19,20,23). The molecule has 0 fully saturated rings. The third-order valence-corrected chi connectivity index (χ3v) is 3.94. The largest absolute Gasteiger partial charge is 0.384 e. The van der Waals surface area contributed by atoms with Crippen molar-refractivity contribution in [2.75, 3.05) is 11.1 Å². The van der Waals surface area contributed by atoms with E-state index in [-0.39, 0.29) is 5.91 Å². The van der Waals surface area contributed by atoms with Crippen LogP contribution in [0.25, 0.3) is 22.8 Å². The lowest BCUT2D eigenvalue weighted by Crippen LogP contribution is -2.20. The van der Waals surface area contributed by atoms with Gasteiger partial charge in [-0.2, -0.15) is 4.98 Å². The fraction of sp³-hybridized carbons (Fsp3) is 0.133. The Bertz CT molecular complexity index is 955. The molecule has 3 aromatic rings. The van der Waals surface area contributed by atoms with Crippen molar-refractivity contribution in [2.24, 2.45) is 0 Å². The van der Waals surface area contributed by atoms with Crippen molar-refractivity contribution in [3.8, 4) is 22.8 Å². The van der Waals surface area contributed by atoms with Crippen LogP contribution in [0.4, 0.5) is 11.6 Å². The maximum Gasteiger partial charge on any atom is 0.259 e. The van der Waals surface area contributed by atoms with Crippen LogP contribution in [-0.2, 0) is 11.2 Å². The molecule has 1 aliphatic rings. The van der Waals surface area contributed by atoms with Crippen LogP contribution in [0.5, 0.6) is 0 Å². The number of rotatable bonds is 2. The monoisotopic (exact) mass is 342 g/mol. The van der Waals surface area contributed by atoms with Crippen LogP contribution >= 0.6 is 11.6 Å².